The number of nitrogens with zero attached hydrogens (tertiary/aromatic N) is 3. The Bertz CT molecular complexity index is 425. The average molecular weight is 248 g/mol. The number of rotatable bonds is 4. The number of piperidine rings is 1. The van der Waals surface area contributed by atoms with Crippen molar-refractivity contribution < 1.29 is 4.39 Å². The zero-order valence-electron chi connectivity index (χ0n) is 10.2. The van der Waals surface area contributed by atoms with Gasteiger partial charge in [-0.15, -0.1) is 0 Å². The lowest BCUT2D eigenvalue weighted by molar-refractivity contribution is 0.241. The third-order valence-corrected chi connectivity index (χ3v) is 2.72. The molecule has 0 aliphatic carbocycles. The van der Waals surface area contributed by atoms with Crippen LogP contribution in [0.5, 0.6) is 0 Å². The van der Waals surface area contributed by atoms with Crippen LogP contribution in [-0.4, -0.2) is 30.5 Å². The monoisotopic (exact) mass is 248 g/mol. The molecule has 0 aromatic heterocycles. The van der Waals surface area contributed by atoms with Crippen molar-refractivity contribution in [3.8, 4) is 0 Å². The van der Waals surface area contributed by atoms with E-state index in [1.165, 1.54) is 31.4 Å². The van der Waals surface area contributed by atoms with Gasteiger partial charge in [-0.2, -0.15) is 10.2 Å². The van der Waals surface area contributed by atoms with E-state index >= 15 is 0 Å². The number of anilines is 1. The fraction of sp³-hybridized carbons (Fsp3) is 0.385. The molecule has 2 rings (SSSR count). The minimum atomic E-state index is -0.280. The molecule has 0 atom stereocenters. The molecule has 1 saturated heterocycles. The molecule has 1 aromatic rings. The van der Waals surface area contributed by atoms with Crippen LogP contribution < -0.4 is 5.43 Å². The normalized spacial score (nSPS) is 16.6. The predicted octanol–water partition coefficient (Wildman–Crippen LogP) is 2.70. The predicted molar refractivity (Wildman–Crippen MR) is 72.4 cm³/mol. The van der Waals surface area contributed by atoms with Gasteiger partial charge in [0, 0.05) is 13.1 Å². The Morgan fingerprint density at radius 1 is 1.17 bits per heavy atom. The zero-order chi connectivity index (χ0) is 12.6. The molecule has 1 fully saturated rings. The van der Waals surface area contributed by atoms with E-state index in [-0.39, 0.29) is 5.82 Å². The first-order valence-corrected chi connectivity index (χ1v) is 6.17. The average Bonchev–Trinajstić information content (AvgIpc) is 2.40. The molecule has 1 heterocycles. The van der Waals surface area contributed by atoms with Gasteiger partial charge in [0.1, 0.15) is 5.82 Å². The maximum absolute atomic E-state index is 12.9. The van der Waals surface area contributed by atoms with Gasteiger partial charge in [-0.3, -0.25) is 10.4 Å². The molecule has 0 spiro atoms. The van der Waals surface area contributed by atoms with Gasteiger partial charge in [-0.05, 0) is 37.5 Å². The molecule has 1 aromatic carbocycles. The first kappa shape index (κ1) is 12.5. The van der Waals surface area contributed by atoms with Crippen molar-refractivity contribution in [2.45, 2.75) is 19.3 Å². The second kappa shape index (κ2) is 6.74. The van der Waals surface area contributed by atoms with Crippen molar-refractivity contribution in [3.05, 3.63) is 30.1 Å². The highest BCUT2D eigenvalue weighted by atomic mass is 19.1. The Balaban J connectivity index is 1.75. The fourth-order valence-electron chi connectivity index (χ4n) is 1.82. The van der Waals surface area contributed by atoms with E-state index < -0.39 is 0 Å². The van der Waals surface area contributed by atoms with E-state index in [0.29, 0.717) is 5.69 Å². The Morgan fingerprint density at radius 2 is 2.00 bits per heavy atom. The SMILES string of the molecule is Fc1cccc(N/N=C/C=N/N2CCCCC2)c1. The molecular weight excluding hydrogens is 231 g/mol. The number of hydrazone groups is 2. The first-order valence-electron chi connectivity index (χ1n) is 6.17. The van der Waals surface area contributed by atoms with Crippen molar-refractivity contribution >= 4 is 18.1 Å². The summed E-state index contributed by atoms with van der Waals surface area (Å²) in [6.07, 6.45) is 6.92. The molecule has 4 nitrogen and oxygen atoms in total. The maximum Gasteiger partial charge on any atom is 0.125 e. The quantitative estimate of drug-likeness (QED) is 0.657. The molecule has 0 saturated carbocycles. The largest absolute Gasteiger partial charge is 0.297 e. The number of nitrogens with one attached hydrogen (secondary N) is 1. The molecule has 0 unspecified atom stereocenters. The molecule has 5 heteroatoms. The van der Waals surface area contributed by atoms with Gasteiger partial charge in [0.15, 0.2) is 0 Å². The van der Waals surface area contributed by atoms with Gasteiger partial charge >= 0.3 is 0 Å². The van der Waals surface area contributed by atoms with Gasteiger partial charge < -0.3 is 0 Å². The van der Waals surface area contributed by atoms with Crippen molar-refractivity contribution in [1.82, 2.24) is 5.01 Å². The summed E-state index contributed by atoms with van der Waals surface area (Å²) in [7, 11) is 0. The van der Waals surface area contributed by atoms with Crippen molar-refractivity contribution in [2.75, 3.05) is 18.5 Å². The summed E-state index contributed by atoms with van der Waals surface area (Å²) in [6, 6.07) is 6.17. The van der Waals surface area contributed by atoms with E-state index in [1.54, 1.807) is 24.6 Å². The summed E-state index contributed by atoms with van der Waals surface area (Å²) in [4.78, 5) is 0. The molecule has 1 aliphatic rings. The van der Waals surface area contributed by atoms with Crippen LogP contribution in [-0.2, 0) is 0 Å². The second-order valence-electron chi connectivity index (χ2n) is 4.18. The third kappa shape index (κ3) is 4.16. The molecule has 0 amide bonds. The van der Waals surface area contributed by atoms with Gasteiger partial charge in [-0.1, -0.05) is 6.07 Å². The molecule has 0 bridgehead atoms. The molecule has 18 heavy (non-hydrogen) atoms. The van der Waals surface area contributed by atoms with Crippen molar-refractivity contribution in [2.24, 2.45) is 10.2 Å². The Morgan fingerprint density at radius 3 is 2.78 bits per heavy atom. The highest BCUT2D eigenvalue weighted by Crippen LogP contribution is 2.09. The minimum Gasteiger partial charge on any atom is -0.297 e. The van der Waals surface area contributed by atoms with Gasteiger partial charge in [0.25, 0.3) is 0 Å². The van der Waals surface area contributed by atoms with Crippen LogP contribution in [0.15, 0.2) is 34.5 Å². The Kier molecular flexibility index (Phi) is 4.69. The third-order valence-electron chi connectivity index (χ3n) is 2.72. The van der Waals surface area contributed by atoms with Crippen LogP contribution in [0.1, 0.15) is 19.3 Å². The Hall–Kier alpha value is -1.91. The number of hydrogen-bond donors (Lipinski definition) is 1. The lowest BCUT2D eigenvalue weighted by atomic mass is 10.2. The summed E-state index contributed by atoms with van der Waals surface area (Å²) in [5, 5.41) is 10.3. The van der Waals surface area contributed by atoms with Crippen molar-refractivity contribution in [3.63, 3.8) is 0 Å². The minimum absolute atomic E-state index is 0.280. The number of halogens is 1. The molecule has 96 valence electrons. The van der Waals surface area contributed by atoms with Gasteiger partial charge in [0.2, 0.25) is 0 Å². The molecular formula is C13H17FN4. The van der Waals surface area contributed by atoms with Crippen LogP contribution in [0.25, 0.3) is 0 Å². The topological polar surface area (TPSA) is 40.0 Å². The van der Waals surface area contributed by atoms with Crippen LogP contribution in [0.4, 0.5) is 10.1 Å². The number of benzene rings is 1. The van der Waals surface area contributed by atoms with E-state index in [0.717, 1.165) is 13.1 Å². The van der Waals surface area contributed by atoms with E-state index in [2.05, 4.69) is 15.6 Å². The number of hydrogen-bond acceptors (Lipinski definition) is 4. The zero-order valence-corrected chi connectivity index (χ0v) is 10.2. The van der Waals surface area contributed by atoms with E-state index in [4.69, 9.17) is 0 Å². The van der Waals surface area contributed by atoms with Crippen LogP contribution in [0, 0.1) is 5.82 Å². The fourth-order valence-corrected chi connectivity index (χ4v) is 1.82. The summed E-state index contributed by atoms with van der Waals surface area (Å²) in [6.45, 7) is 2.03. The summed E-state index contributed by atoms with van der Waals surface area (Å²) >= 11 is 0. The second-order valence-corrected chi connectivity index (χ2v) is 4.18. The van der Waals surface area contributed by atoms with Crippen molar-refractivity contribution in [1.29, 1.82) is 0 Å². The summed E-state index contributed by atoms with van der Waals surface area (Å²) in [5.41, 5.74) is 3.37. The smallest absolute Gasteiger partial charge is 0.125 e. The standard InChI is InChI=1S/C13H17FN4/c14-12-5-4-6-13(11-12)17-15-7-8-16-18-9-2-1-3-10-18/h4-8,11,17H,1-3,9-10H2/b15-7+,16-8+. The van der Waals surface area contributed by atoms with Gasteiger partial charge in [-0.25, -0.2) is 4.39 Å². The maximum atomic E-state index is 12.9. The van der Waals surface area contributed by atoms with E-state index in [1.807, 2.05) is 5.01 Å². The Labute approximate surface area is 106 Å². The van der Waals surface area contributed by atoms with E-state index in [9.17, 15) is 4.39 Å². The van der Waals surface area contributed by atoms with Crippen LogP contribution >= 0.6 is 0 Å². The first-order chi connectivity index (χ1) is 8.84. The summed E-state index contributed by atoms with van der Waals surface area (Å²) in [5.74, 6) is -0.280. The molecule has 0 radical (unpaired) electrons. The molecule has 1 aliphatic heterocycles. The lowest BCUT2D eigenvalue weighted by Gasteiger charge is -2.22. The lowest BCUT2D eigenvalue weighted by Crippen LogP contribution is -2.24. The van der Waals surface area contributed by atoms with Crippen LogP contribution in [0.2, 0.25) is 0 Å². The van der Waals surface area contributed by atoms with Crippen LogP contribution in [0.3, 0.4) is 0 Å². The summed E-state index contributed by atoms with van der Waals surface area (Å²) < 4.78 is 12.9. The highest BCUT2D eigenvalue weighted by Gasteiger charge is 2.05. The molecule has 1 N–H and O–H groups in total. The van der Waals surface area contributed by atoms with Gasteiger partial charge in [0.05, 0.1) is 18.1 Å². The highest BCUT2D eigenvalue weighted by molar-refractivity contribution is 6.16.